The van der Waals surface area contributed by atoms with E-state index < -0.39 is 5.91 Å². The fraction of sp³-hybridized carbons (Fsp3) is 0.200. The lowest BCUT2D eigenvalue weighted by molar-refractivity contribution is -0.121. The molecule has 3 N–H and O–H groups in total. The summed E-state index contributed by atoms with van der Waals surface area (Å²) in [7, 11) is 0. The zero-order valence-electron chi connectivity index (χ0n) is 15.7. The summed E-state index contributed by atoms with van der Waals surface area (Å²) in [5.41, 5.74) is 6.88. The number of amides is 3. The Balaban J connectivity index is 1.44. The molecular formula is C20H20N4O3S2. The van der Waals surface area contributed by atoms with E-state index >= 15 is 0 Å². The number of carbonyl (C=O) groups excluding carboxylic acids is 3. The molecular weight excluding hydrogens is 408 g/mol. The maximum Gasteiger partial charge on any atom is 0.269 e. The Morgan fingerprint density at radius 1 is 0.966 bits per heavy atom. The Bertz CT molecular complexity index is 982. The molecule has 29 heavy (non-hydrogen) atoms. The van der Waals surface area contributed by atoms with Gasteiger partial charge in [0.15, 0.2) is 5.13 Å². The average Bonchev–Trinajstić information content (AvgIpc) is 3.38. The average molecular weight is 429 g/mol. The van der Waals surface area contributed by atoms with Gasteiger partial charge in [0.1, 0.15) is 0 Å². The number of carbonyl (C=O) groups is 3. The number of thiazole rings is 1. The number of nitrogens with zero attached hydrogens (tertiary/aromatic N) is 1. The zero-order valence-corrected chi connectivity index (χ0v) is 17.4. The van der Waals surface area contributed by atoms with Crippen molar-refractivity contribution in [1.82, 2.24) is 15.8 Å². The van der Waals surface area contributed by atoms with Crippen LogP contribution in [0.5, 0.6) is 0 Å². The van der Waals surface area contributed by atoms with Gasteiger partial charge in [-0.25, -0.2) is 4.98 Å². The topological polar surface area (TPSA) is 100 Å². The van der Waals surface area contributed by atoms with Crippen molar-refractivity contribution in [3.05, 3.63) is 68.9 Å². The third kappa shape index (κ3) is 6.23. The molecule has 0 bridgehead atoms. The Labute approximate surface area is 176 Å². The summed E-state index contributed by atoms with van der Waals surface area (Å²) in [5.74, 6) is -0.940. The highest BCUT2D eigenvalue weighted by molar-refractivity contribution is 7.14. The summed E-state index contributed by atoms with van der Waals surface area (Å²) in [6.45, 7) is 2.04. The van der Waals surface area contributed by atoms with E-state index in [2.05, 4.69) is 21.2 Å². The minimum atomic E-state index is -0.398. The molecule has 2 aromatic heterocycles. The Kier molecular flexibility index (Phi) is 7.09. The van der Waals surface area contributed by atoms with Crippen LogP contribution in [0.25, 0.3) is 0 Å². The maximum absolute atomic E-state index is 12.1. The molecule has 0 atom stereocenters. The first-order valence-electron chi connectivity index (χ1n) is 8.98. The van der Waals surface area contributed by atoms with E-state index in [1.165, 1.54) is 22.7 Å². The summed E-state index contributed by atoms with van der Waals surface area (Å²) < 4.78 is 0. The number of hydrazine groups is 1. The van der Waals surface area contributed by atoms with Gasteiger partial charge >= 0.3 is 0 Å². The van der Waals surface area contributed by atoms with Gasteiger partial charge in [-0.3, -0.25) is 25.2 Å². The fourth-order valence-electron chi connectivity index (χ4n) is 2.48. The monoisotopic (exact) mass is 428 g/mol. The van der Waals surface area contributed by atoms with E-state index in [4.69, 9.17) is 0 Å². The van der Waals surface area contributed by atoms with Crippen LogP contribution in [0.15, 0.2) is 47.2 Å². The molecule has 9 heteroatoms. The van der Waals surface area contributed by atoms with E-state index in [-0.39, 0.29) is 18.2 Å². The number of benzene rings is 1. The fourth-order valence-corrected chi connectivity index (χ4v) is 3.91. The molecule has 0 unspecified atom stereocenters. The molecule has 150 valence electrons. The summed E-state index contributed by atoms with van der Waals surface area (Å²) in [4.78, 5) is 41.3. The molecule has 0 aliphatic heterocycles. The normalized spacial score (nSPS) is 10.4. The van der Waals surface area contributed by atoms with Crippen LogP contribution >= 0.6 is 22.7 Å². The molecule has 3 rings (SSSR count). The first kappa shape index (κ1) is 20.7. The molecule has 2 heterocycles. The highest BCUT2D eigenvalue weighted by atomic mass is 32.1. The van der Waals surface area contributed by atoms with Crippen LogP contribution in [0.2, 0.25) is 0 Å². The number of anilines is 1. The molecule has 1 aromatic carbocycles. The van der Waals surface area contributed by atoms with E-state index in [0.29, 0.717) is 22.8 Å². The second-order valence-electron chi connectivity index (χ2n) is 6.18. The van der Waals surface area contributed by atoms with Crippen molar-refractivity contribution >= 4 is 45.5 Å². The van der Waals surface area contributed by atoms with Gasteiger partial charge < -0.3 is 5.32 Å². The van der Waals surface area contributed by atoms with Crippen LogP contribution in [0.3, 0.4) is 0 Å². The van der Waals surface area contributed by atoms with Gasteiger partial charge in [-0.15, -0.1) is 22.7 Å². The summed E-state index contributed by atoms with van der Waals surface area (Å²) >= 11 is 2.77. The number of hydrogen-bond donors (Lipinski definition) is 3. The number of aryl methyl sites for hydroxylation is 1. The third-order valence-corrected chi connectivity index (χ3v) is 5.68. The van der Waals surface area contributed by atoms with Crippen molar-refractivity contribution in [3.8, 4) is 0 Å². The van der Waals surface area contributed by atoms with Crippen LogP contribution in [-0.4, -0.2) is 22.7 Å². The SMILES string of the molecule is CCc1ccc(C(=O)NNC(=O)Cc2csc(NC(=O)Cc3cccs3)n2)cc1. The van der Waals surface area contributed by atoms with Gasteiger partial charge in [-0.2, -0.15) is 0 Å². The predicted molar refractivity (Wildman–Crippen MR) is 114 cm³/mol. The highest BCUT2D eigenvalue weighted by Crippen LogP contribution is 2.17. The van der Waals surface area contributed by atoms with Crippen LogP contribution in [-0.2, 0) is 28.9 Å². The van der Waals surface area contributed by atoms with Crippen LogP contribution in [0, 0.1) is 0 Å². The Hall–Kier alpha value is -3.04. The van der Waals surface area contributed by atoms with Gasteiger partial charge in [0.25, 0.3) is 5.91 Å². The molecule has 0 saturated carbocycles. The molecule has 0 aliphatic carbocycles. The Morgan fingerprint density at radius 3 is 2.45 bits per heavy atom. The van der Waals surface area contributed by atoms with Crippen molar-refractivity contribution < 1.29 is 14.4 Å². The van der Waals surface area contributed by atoms with Gasteiger partial charge in [-0.1, -0.05) is 25.1 Å². The molecule has 0 saturated heterocycles. The number of aromatic nitrogens is 1. The van der Waals surface area contributed by atoms with Crippen molar-refractivity contribution in [1.29, 1.82) is 0 Å². The van der Waals surface area contributed by atoms with Gasteiger partial charge in [-0.05, 0) is 35.6 Å². The van der Waals surface area contributed by atoms with Gasteiger partial charge in [0, 0.05) is 15.8 Å². The molecule has 0 fully saturated rings. The molecule has 3 amide bonds. The van der Waals surface area contributed by atoms with E-state index in [1.54, 1.807) is 17.5 Å². The number of hydrogen-bond acceptors (Lipinski definition) is 6. The van der Waals surface area contributed by atoms with Crippen molar-refractivity contribution in [2.24, 2.45) is 0 Å². The quantitative estimate of drug-likeness (QED) is 0.504. The molecule has 0 radical (unpaired) electrons. The van der Waals surface area contributed by atoms with Crippen molar-refractivity contribution in [2.75, 3.05) is 5.32 Å². The molecule has 7 nitrogen and oxygen atoms in total. The number of rotatable bonds is 7. The van der Waals surface area contributed by atoms with E-state index in [0.717, 1.165) is 16.9 Å². The Morgan fingerprint density at radius 2 is 1.76 bits per heavy atom. The second kappa shape index (κ2) is 9.94. The first-order chi connectivity index (χ1) is 14.0. The third-order valence-electron chi connectivity index (χ3n) is 3.99. The lowest BCUT2D eigenvalue weighted by atomic mass is 10.1. The predicted octanol–water partition coefficient (Wildman–Crippen LogP) is 2.95. The minimum Gasteiger partial charge on any atom is -0.302 e. The van der Waals surface area contributed by atoms with Gasteiger partial charge in [0.2, 0.25) is 11.8 Å². The zero-order chi connectivity index (χ0) is 20.6. The largest absolute Gasteiger partial charge is 0.302 e. The standard InChI is InChI=1S/C20H20N4O3S2/c1-2-13-5-7-14(8-6-13)19(27)24-23-18(26)10-15-12-29-20(21-15)22-17(25)11-16-4-3-9-28-16/h3-9,12H,2,10-11H2,1H3,(H,23,26)(H,24,27)(H,21,22,25). The van der Waals surface area contributed by atoms with Crippen molar-refractivity contribution in [2.45, 2.75) is 26.2 Å². The first-order valence-corrected chi connectivity index (χ1v) is 10.7. The van der Waals surface area contributed by atoms with Crippen LogP contribution < -0.4 is 16.2 Å². The van der Waals surface area contributed by atoms with E-state index in [9.17, 15) is 14.4 Å². The van der Waals surface area contributed by atoms with E-state index in [1.807, 2.05) is 36.6 Å². The van der Waals surface area contributed by atoms with Crippen LogP contribution in [0.1, 0.15) is 33.4 Å². The maximum atomic E-state index is 12.1. The second-order valence-corrected chi connectivity index (χ2v) is 8.07. The lowest BCUT2D eigenvalue weighted by Gasteiger charge is -2.07. The highest BCUT2D eigenvalue weighted by Gasteiger charge is 2.12. The number of nitrogens with one attached hydrogen (secondary N) is 3. The summed E-state index contributed by atoms with van der Waals surface area (Å²) in [6, 6.07) is 11.0. The molecule has 3 aromatic rings. The molecule has 0 aliphatic rings. The lowest BCUT2D eigenvalue weighted by Crippen LogP contribution is -2.42. The number of thiophene rings is 1. The smallest absolute Gasteiger partial charge is 0.269 e. The summed E-state index contributed by atoms with van der Waals surface area (Å²) in [6.07, 6.45) is 1.17. The molecule has 0 spiro atoms. The van der Waals surface area contributed by atoms with Gasteiger partial charge in [0.05, 0.1) is 18.5 Å². The van der Waals surface area contributed by atoms with Crippen LogP contribution in [0.4, 0.5) is 5.13 Å². The van der Waals surface area contributed by atoms with Crippen molar-refractivity contribution in [3.63, 3.8) is 0 Å². The minimum absolute atomic E-state index is 0.00759. The summed E-state index contributed by atoms with van der Waals surface area (Å²) in [5, 5.41) is 6.79.